The van der Waals surface area contributed by atoms with Gasteiger partial charge in [0.1, 0.15) is 5.75 Å². The van der Waals surface area contributed by atoms with Gasteiger partial charge in [0.05, 0.1) is 30.6 Å². The zero-order valence-corrected chi connectivity index (χ0v) is 15.1. The van der Waals surface area contributed by atoms with Crippen LogP contribution in [0.4, 0.5) is 5.69 Å². The molecule has 6 nitrogen and oxygen atoms in total. The molecule has 0 spiro atoms. The molecule has 27 heavy (non-hydrogen) atoms. The number of hydrogen-bond donors (Lipinski definition) is 2. The van der Waals surface area contributed by atoms with Crippen molar-refractivity contribution in [2.45, 2.75) is 12.8 Å². The molecule has 0 aromatic heterocycles. The first-order valence-electron chi connectivity index (χ1n) is 8.83. The Morgan fingerprint density at radius 1 is 1.15 bits per heavy atom. The molecule has 2 unspecified atom stereocenters. The Morgan fingerprint density at radius 2 is 1.93 bits per heavy atom. The lowest BCUT2D eigenvalue weighted by Gasteiger charge is -2.09. The lowest BCUT2D eigenvalue weighted by atomic mass is 10.1. The fourth-order valence-electron chi connectivity index (χ4n) is 3.04. The highest BCUT2D eigenvalue weighted by atomic mass is 16.5. The van der Waals surface area contributed by atoms with Gasteiger partial charge in [0.25, 0.3) is 0 Å². The minimum Gasteiger partial charge on any atom is -0.496 e. The van der Waals surface area contributed by atoms with E-state index >= 15 is 0 Å². The number of anilines is 1. The van der Waals surface area contributed by atoms with Crippen molar-refractivity contribution in [2.24, 2.45) is 11.8 Å². The summed E-state index contributed by atoms with van der Waals surface area (Å²) in [6, 6.07) is 16.4. The number of nitrogens with zero attached hydrogens (tertiary/aromatic N) is 1. The van der Waals surface area contributed by atoms with Gasteiger partial charge in [-0.15, -0.1) is 0 Å². The van der Waals surface area contributed by atoms with Crippen molar-refractivity contribution >= 4 is 17.5 Å². The van der Waals surface area contributed by atoms with E-state index in [1.165, 1.54) is 0 Å². The standard InChI is InChI=1S/C21H21N3O3/c1-27-19-8-3-2-6-15(19)9-10-23-20(25)17-12-18(17)21(26)24-16-7-4-5-14(11-16)13-22/h2-8,11,17-18H,9-10,12H2,1H3,(H,23,25)(H,24,26). The van der Waals surface area contributed by atoms with Gasteiger partial charge in [-0.3, -0.25) is 9.59 Å². The monoisotopic (exact) mass is 363 g/mol. The zero-order chi connectivity index (χ0) is 19.2. The molecule has 3 rings (SSSR count). The minimum absolute atomic E-state index is 0.101. The predicted octanol–water partition coefficient (Wildman–Crippen LogP) is 2.50. The number of rotatable bonds is 7. The zero-order valence-electron chi connectivity index (χ0n) is 15.1. The normalized spacial score (nSPS) is 17.5. The average Bonchev–Trinajstić information content (AvgIpc) is 3.49. The van der Waals surface area contributed by atoms with Crippen LogP contribution in [-0.2, 0) is 16.0 Å². The number of para-hydroxylation sites is 1. The third-order valence-corrected chi connectivity index (χ3v) is 4.61. The average molecular weight is 363 g/mol. The molecule has 0 radical (unpaired) electrons. The number of hydrogen-bond acceptors (Lipinski definition) is 4. The van der Waals surface area contributed by atoms with E-state index in [1.807, 2.05) is 30.3 Å². The molecule has 0 heterocycles. The first-order valence-corrected chi connectivity index (χ1v) is 8.83. The Balaban J connectivity index is 1.46. The van der Waals surface area contributed by atoms with Crippen LogP contribution in [0.25, 0.3) is 0 Å². The Labute approximate surface area is 158 Å². The summed E-state index contributed by atoms with van der Waals surface area (Å²) in [5.74, 6) is -0.0929. The van der Waals surface area contributed by atoms with Crippen LogP contribution in [0.2, 0.25) is 0 Å². The number of nitrogens with one attached hydrogen (secondary N) is 2. The van der Waals surface area contributed by atoms with Gasteiger partial charge in [-0.2, -0.15) is 5.26 Å². The van der Waals surface area contributed by atoms with Gasteiger partial charge < -0.3 is 15.4 Å². The van der Waals surface area contributed by atoms with Crippen LogP contribution in [0.5, 0.6) is 5.75 Å². The summed E-state index contributed by atoms with van der Waals surface area (Å²) in [6.07, 6.45) is 1.21. The number of ether oxygens (including phenoxy) is 1. The molecule has 0 aliphatic heterocycles. The van der Waals surface area contributed by atoms with Gasteiger partial charge in [-0.05, 0) is 42.7 Å². The van der Waals surface area contributed by atoms with E-state index in [0.717, 1.165) is 11.3 Å². The molecule has 2 aromatic rings. The van der Waals surface area contributed by atoms with Crippen LogP contribution in [0.1, 0.15) is 17.5 Å². The molecular formula is C21H21N3O3. The second kappa shape index (κ2) is 8.37. The Bertz CT molecular complexity index is 888. The Kier molecular flexibility index (Phi) is 5.72. The fraction of sp³-hybridized carbons (Fsp3) is 0.286. The topological polar surface area (TPSA) is 91.2 Å². The second-order valence-corrected chi connectivity index (χ2v) is 6.48. The molecule has 1 saturated carbocycles. The molecule has 2 atom stereocenters. The maximum absolute atomic E-state index is 12.3. The predicted molar refractivity (Wildman–Crippen MR) is 101 cm³/mol. The van der Waals surface area contributed by atoms with Crippen LogP contribution >= 0.6 is 0 Å². The summed E-state index contributed by atoms with van der Waals surface area (Å²) in [5.41, 5.74) is 2.08. The summed E-state index contributed by atoms with van der Waals surface area (Å²) >= 11 is 0. The summed E-state index contributed by atoms with van der Waals surface area (Å²) in [7, 11) is 1.62. The number of amides is 2. The molecule has 2 amide bonds. The highest BCUT2D eigenvalue weighted by molar-refractivity contribution is 5.99. The van der Waals surface area contributed by atoms with Crippen LogP contribution in [0.3, 0.4) is 0 Å². The fourth-order valence-corrected chi connectivity index (χ4v) is 3.04. The molecule has 6 heteroatoms. The maximum Gasteiger partial charge on any atom is 0.228 e. The minimum atomic E-state index is -0.318. The van der Waals surface area contributed by atoms with Gasteiger partial charge in [-0.25, -0.2) is 0 Å². The first-order chi connectivity index (χ1) is 13.1. The van der Waals surface area contributed by atoms with Gasteiger partial charge >= 0.3 is 0 Å². The lowest BCUT2D eigenvalue weighted by Crippen LogP contribution is -2.29. The van der Waals surface area contributed by atoms with Gasteiger partial charge in [0, 0.05) is 12.2 Å². The van der Waals surface area contributed by atoms with Crippen LogP contribution < -0.4 is 15.4 Å². The SMILES string of the molecule is COc1ccccc1CCNC(=O)C1CC1C(=O)Nc1cccc(C#N)c1. The largest absolute Gasteiger partial charge is 0.496 e. The third kappa shape index (κ3) is 4.64. The van der Waals surface area contributed by atoms with Gasteiger partial charge in [0.15, 0.2) is 0 Å². The molecule has 2 N–H and O–H groups in total. The highest BCUT2D eigenvalue weighted by Crippen LogP contribution is 2.39. The van der Waals surface area contributed by atoms with Crippen molar-refractivity contribution in [1.82, 2.24) is 5.32 Å². The van der Waals surface area contributed by atoms with Crippen molar-refractivity contribution in [3.05, 3.63) is 59.7 Å². The molecular weight excluding hydrogens is 342 g/mol. The molecule has 1 aliphatic carbocycles. The van der Waals surface area contributed by atoms with Crippen LogP contribution in [-0.4, -0.2) is 25.5 Å². The number of benzene rings is 2. The molecule has 1 aliphatic rings. The maximum atomic E-state index is 12.3. The van der Waals surface area contributed by atoms with E-state index in [2.05, 4.69) is 10.6 Å². The van der Waals surface area contributed by atoms with E-state index in [0.29, 0.717) is 30.6 Å². The summed E-state index contributed by atoms with van der Waals surface area (Å²) < 4.78 is 5.30. The number of carbonyl (C=O) groups excluding carboxylic acids is 2. The van der Waals surface area contributed by atoms with E-state index in [1.54, 1.807) is 31.4 Å². The van der Waals surface area contributed by atoms with Crippen molar-refractivity contribution in [3.8, 4) is 11.8 Å². The quantitative estimate of drug-likeness (QED) is 0.791. The van der Waals surface area contributed by atoms with Crippen molar-refractivity contribution in [2.75, 3.05) is 19.0 Å². The van der Waals surface area contributed by atoms with Gasteiger partial charge in [-0.1, -0.05) is 24.3 Å². The molecule has 0 bridgehead atoms. The molecule has 0 saturated heterocycles. The van der Waals surface area contributed by atoms with Crippen LogP contribution in [0.15, 0.2) is 48.5 Å². The van der Waals surface area contributed by atoms with Gasteiger partial charge in [0.2, 0.25) is 11.8 Å². The van der Waals surface area contributed by atoms with E-state index in [9.17, 15) is 9.59 Å². The van der Waals surface area contributed by atoms with Crippen molar-refractivity contribution in [3.63, 3.8) is 0 Å². The molecule has 138 valence electrons. The summed E-state index contributed by atoms with van der Waals surface area (Å²) in [6.45, 7) is 0.494. The summed E-state index contributed by atoms with van der Waals surface area (Å²) in [4.78, 5) is 24.5. The lowest BCUT2D eigenvalue weighted by molar-refractivity contribution is -0.125. The first kappa shape index (κ1) is 18.5. The van der Waals surface area contributed by atoms with E-state index < -0.39 is 0 Å². The Hall–Kier alpha value is -3.33. The van der Waals surface area contributed by atoms with E-state index in [-0.39, 0.29) is 23.7 Å². The number of nitriles is 1. The number of methoxy groups -OCH3 is 1. The van der Waals surface area contributed by atoms with Crippen LogP contribution in [0, 0.1) is 23.2 Å². The third-order valence-electron chi connectivity index (χ3n) is 4.61. The van der Waals surface area contributed by atoms with Crippen molar-refractivity contribution < 1.29 is 14.3 Å². The van der Waals surface area contributed by atoms with E-state index in [4.69, 9.17) is 10.00 Å². The van der Waals surface area contributed by atoms with Crippen molar-refractivity contribution in [1.29, 1.82) is 5.26 Å². The smallest absolute Gasteiger partial charge is 0.228 e. The molecule has 1 fully saturated rings. The summed E-state index contributed by atoms with van der Waals surface area (Å²) in [5, 5.41) is 14.6. The second-order valence-electron chi connectivity index (χ2n) is 6.48. The Morgan fingerprint density at radius 3 is 2.70 bits per heavy atom. The highest BCUT2D eigenvalue weighted by Gasteiger charge is 2.47. The number of carbonyl (C=O) groups is 2. The molecule has 2 aromatic carbocycles.